The van der Waals surface area contributed by atoms with Crippen molar-refractivity contribution in [3.05, 3.63) is 64.2 Å². The number of hydrogen-bond donors (Lipinski definition) is 1. The van der Waals surface area contributed by atoms with Crippen LogP contribution in [-0.2, 0) is 4.79 Å². The minimum Gasteiger partial charge on any atom is -0.366 e. The standard InChI is InChI=1S/C21H24N4O4/c1-23(2)21(27)16-6-5-7-17(14-16)22-20(26)15-10-12-24(13-11-15)18-8-3-4-9-19(18)25(28)29/h3-9,14-15H,10-13H2,1-2H3,(H,22,26). The fourth-order valence-electron chi connectivity index (χ4n) is 3.50. The van der Waals surface area contributed by atoms with Gasteiger partial charge in [-0.3, -0.25) is 19.7 Å². The maximum atomic E-state index is 12.7. The van der Waals surface area contributed by atoms with E-state index in [9.17, 15) is 19.7 Å². The van der Waals surface area contributed by atoms with Gasteiger partial charge in [-0.2, -0.15) is 0 Å². The van der Waals surface area contributed by atoms with Gasteiger partial charge in [0.15, 0.2) is 0 Å². The van der Waals surface area contributed by atoms with E-state index in [2.05, 4.69) is 5.32 Å². The van der Waals surface area contributed by atoms with Crippen molar-refractivity contribution in [3.8, 4) is 0 Å². The third kappa shape index (κ3) is 4.71. The van der Waals surface area contributed by atoms with E-state index in [0.29, 0.717) is 42.9 Å². The molecule has 0 unspecified atom stereocenters. The summed E-state index contributed by atoms with van der Waals surface area (Å²) in [5, 5.41) is 14.1. The average molecular weight is 396 g/mol. The van der Waals surface area contributed by atoms with Crippen molar-refractivity contribution in [3.63, 3.8) is 0 Å². The van der Waals surface area contributed by atoms with Gasteiger partial charge < -0.3 is 15.1 Å². The van der Waals surface area contributed by atoms with Crippen molar-refractivity contribution in [1.29, 1.82) is 0 Å². The topological polar surface area (TPSA) is 95.8 Å². The minimum atomic E-state index is -0.379. The van der Waals surface area contributed by atoms with Gasteiger partial charge in [-0.15, -0.1) is 0 Å². The van der Waals surface area contributed by atoms with Crippen LogP contribution in [0.5, 0.6) is 0 Å². The summed E-state index contributed by atoms with van der Waals surface area (Å²) in [4.78, 5) is 39.1. The number of rotatable bonds is 5. The van der Waals surface area contributed by atoms with Crippen LogP contribution in [0, 0.1) is 16.0 Å². The van der Waals surface area contributed by atoms with Gasteiger partial charge in [0.25, 0.3) is 11.6 Å². The first-order valence-electron chi connectivity index (χ1n) is 9.47. The molecule has 1 aliphatic rings. The molecule has 0 spiro atoms. The molecule has 0 atom stereocenters. The Balaban J connectivity index is 1.62. The summed E-state index contributed by atoms with van der Waals surface area (Å²) in [7, 11) is 3.36. The molecule has 2 amide bonds. The fraction of sp³-hybridized carbons (Fsp3) is 0.333. The third-order valence-electron chi connectivity index (χ3n) is 5.07. The van der Waals surface area contributed by atoms with Gasteiger partial charge in [-0.05, 0) is 37.1 Å². The maximum absolute atomic E-state index is 12.7. The molecule has 1 N–H and O–H groups in total. The number of amides is 2. The highest BCUT2D eigenvalue weighted by Crippen LogP contribution is 2.31. The molecule has 2 aromatic rings. The Hall–Kier alpha value is -3.42. The molecule has 1 saturated heterocycles. The van der Waals surface area contributed by atoms with Gasteiger partial charge in [0, 0.05) is 50.4 Å². The fourth-order valence-corrected chi connectivity index (χ4v) is 3.50. The number of nitro groups is 1. The van der Waals surface area contributed by atoms with Gasteiger partial charge in [0.05, 0.1) is 4.92 Å². The summed E-state index contributed by atoms with van der Waals surface area (Å²) in [5.74, 6) is -0.400. The predicted molar refractivity (Wildman–Crippen MR) is 111 cm³/mol. The minimum absolute atomic E-state index is 0.0813. The van der Waals surface area contributed by atoms with Crippen molar-refractivity contribution in [1.82, 2.24) is 4.90 Å². The molecule has 1 fully saturated rings. The lowest BCUT2D eigenvalue weighted by molar-refractivity contribution is -0.384. The number of carbonyl (C=O) groups is 2. The van der Waals surface area contributed by atoms with Crippen LogP contribution in [0.3, 0.4) is 0 Å². The first-order valence-corrected chi connectivity index (χ1v) is 9.47. The molecule has 8 heteroatoms. The number of piperidine rings is 1. The van der Waals surface area contributed by atoms with E-state index in [1.807, 2.05) is 4.90 Å². The summed E-state index contributed by atoms with van der Waals surface area (Å²) in [5.41, 5.74) is 1.77. The van der Waals surface area contributed by atoms with Crippen molar-refractivity contribution < 1.29 is 14.5 Å². The average Bonchev–Trinajstić information content (AvgIpc) is 2.73. The molecular weight excluding hydrogens is 372 g/mol. The van der Waals surface area contributed by atoms with E-state index >= 15 is 0 Å². The van der Waals surface area contributed by atoms with Crippen LogP contribution in [0.1, 0.15) is 23.2 Å². The molecule has 152 valence electrons. The van der Waals surface area contributed by atoms with Crippen LogP contribution in [0.2, 0.25) is 0 Å². The molecule has 0 bridgehead atoms. The molecule has 0 aromatic heterocycles. The van der Waals surface area contributed by atoms with Crippen LogP contribution < -0.4 is 10.2 Å². The summed E-state index contributed by atoms with van der Waals surface area (Å²) in [6.45, 7) is 1.14. The zero-order valence-corrected chi connectivity index (χ0v) is 16.5. The molecule has 3 rings (SSSR count). The van der Waals surface area contributed by atoms with Crippen LogP contribution in [0.25, 0.3) is 0 Å². The summed E-state index contributed by atoms with van der Waals surface area (Å²) >= 11 is 0. The number of benzene rings is 2. The number of anilines is 2. The molecular formula is C21H24N4O4. The Morgan fingerprint density at radius 2 is 1.79 bits per heavy atom. The summed E-state index contributed by atoms with van der Waals surface area (Å²) in [6, 6.07) is 13.5. The lowest BCUT2D eigenvalue weighted by Gasteiger charge is -2.32. The van der Waals surface area contributed by atoms with Crippen molar-refractivity contribution >= 4 is 28.9 Å². The largest absolute Gasteiger partial charge is 0.366 e. The quantitative estimate of drug-likeness (QED) is 0.619. The number of para-hydroxylation sites is 2. The Morgan fingerprint density at radius 1 is 1.10 bits per heavy atom. The number of nitro benzene ring substituents is 1. The van der Waals surface area contributed by atoms with Crippen molar-refractivity contribution in [2.75, 3.05) is 37.4 Å². The Bertz CT molecular complexity index is 920. The maximum Gasteiger partial charge on any atom is 0.292 e. The molecule has 8 nitrogen and oxygen atoms in total. The smallest absolute Gasteiger partial charge is 0.292 e. The molecule has 0 radical (unpaired) electrons. The second kappa shape index (κ2) is 8.72. The molecule has 1 heterocycles. The SMILES string of the molecule is CN(C)C(=O)c1cccc(NC(=O)C2CCN(c3ccccc3[N+](=O)[O-])CC2)c1. The highest BCUT2D eigenvalue weighted by atomic mass is 16.6. The lowest BCUT2D eigenvalue weighted by Crippen LogP contribution is -2.38. The van der Waals surface area contributed by atoms with E-state index in [1.165, 1.54) is 11.0 Å². The van der Waals surface area contributed by atoms with E-state index < -0.39 is 0 Å². The highest BCUT2D eigenvalue weighted by Gasteiger charge is 2.28. The predicted octanol–water partition coefficient (Wildman–Crippen LogP) is 3.15. The van der Waals surface area contributed by atoms with Gasteiger partial charge in [-0.1, -0.05) is 18.2 Å². The Labute approximate surface area is 169 Å². The number of carbonyl (C=O) groups excluding carboxylic acids is 2. The van der Waals surface area contributed by atoms with Crippen LogP contribution in [0.4, 0.5) is 17.1 Å². The number of nitrogens with one attached hydrogen (secondary N) is 1. The monoisotopic (exact) mass is 396 g/mol. The van der Waals surface area contributed by atoms with Gasteiger partial charge in [0.1, 0.15) is 5.69 Å². The second-order valence-corrected chi connectivity index (χ2v) is 7.28. The first-order chi connectivity index (χ1) is 13.9. The zero-order chi connectivity index (χ0) is 21.0. The first kappa shape index (κ1) is 20.3. The summed E-state index contributed by atoms with van der Waals surface area (Å²) in [6.07, 6.45) is 1.21. The van der Waals surface area contributed by atoms with Crippen LogP contribution >= 0.6 is 0 Å². The molecule has 0 aliphatic carbocycles. The normalized spacial score (nSPS) is 14.3. The lowest BCUT2D eigenvalue weighted by atomic mass is 9.95. The second-order valence-electron chi connectivity index (χ2n) is 7.28. The number of nitrogens with zero attached hydrogens (tertiary/aromatic N) is 3. The third-order valence-corrected chi connectivity index (χ3v) is 5.07. The molecule has 2 aromatic carbocycles. The van der Waals surface area contributed by atoms with Gasteiger partial charge in [0.2, 0.25) is 5.91 Å². The van der Waals surface area contributed by atoms with E-state index in [0.717, 1.165) is 0 Å². The van der Waals surface area contributed by atoms with Crippen molar-refractivity contribution in [2.24, 2.45) is 5.92 Å². The van der Waals surface area contributed by atoms with E-state index in [1.54, 1.807) is 56.6 Å². The van der Waals surface area contributed by atoms with Gasteiger partial charge in [-0.25, -0.2) is 0 Å². The Kier molecular flexibility index (Phi) is 6.11. The molecule has 1 aliphatic heterocycles. The van der Waals surface area contributed by atoms with Crippen LogP contribution in [-0.4, -0.2) is 48.8 Å². The van der Waals surface area contributed by atoms with E-state index in [-0.39, 0.29) is 28.3 Å². The molecule has 29 heavy (non-hydrogen) atoms. The van der Waals surface area contributed by atoms with Crippen molar-refractivity contribution in [2.45, 2.75) is 12.8 Å². The van der Waals surface area contributed by atoms with E-state index in [4.69, 9.17) is 0 Å². The summed E-state index contributed by atoms with van der Waals surface area (Å²) < 4.78 is 0. The van der Waals surface area contributed by atoms with Gasteiger partial charge >= 0.3 is 0 Å². The molecule has 0 saturated carbocycles. The zero-order valence-electron chi connectivity index (χ0n) is 16.5. The Morgan fingerprint density at radius 3 is 2.45 bits per heavy atom. The van der Waals surface area contributed by atoms with Crippen LogP contribution in [0.15, 0.2) is 48.5 Å². The highest BCUT2D eigenvalue weighted by molar-refractivity contribution is 5.97. The number of hydrogen-bond acceptors (Lipinski definition) is 5.